The summed E-state index contributed by atoms with van der Waals surface area (Å²) >= 11 is 0. The van der Waals surface area contributed by atoms with Crippen LogP contribution in [0.3, 0.4) is 0 Å². The van der Waals surface area contributed by atoms with Crippen molar-refractivity contribution in [1.29, 1.82) is 0 Å². The highest BCUT2D eigenvalue weighted by atomic mass is 16.5. The molecule has 0 aliphatic heterocycles. The maximum Gasteiger partial charge on any atom is 0.134 e. The third kappa shape index (κ3) is 4.20. The zero-order chi connectivity index (χ0) is 16.1. The third-order valence-corrected chi connectivity index (χ3v) is 3.65. The van der Waals surface area contributed by atoms with Crippen LogP contribution >= 0.6 is 0 Å². The lowest BCUT2D eigenvalue weighted by Crippen LogP contribution is -2.19. The molecule has 1 aromatic heterocycles. The van der Waals surface area contributed by atoms with E-state index in [1.165, 1.54) is 5.56 Å². The van der Waals surface area contributed by atoms with Crippen LogP contribution in [0, 0.1) is 0 Å². The molecule has 3 aromatic rings. The van der Waals surface area contributed by atoms with Crippen molar-refractivity contribution < 1.29 is 19.4 Å². The van der Waals surface area contributed by atoms with Crippen molar-refractivity contribution in [3.63, 3.8) is 0 Å². The summed E-state index contributed by atoms with van der Waals surface area (Å²) in [5.74, 6) is 0.931. The SMILES string of the molecule is OCC(O)COCc1ccc2cc(Cc3ccccc3)oc2c1. The molecule has 0 amide bonds. The summed E-state index contributed by atoms with van der Waals surface area (Å²) in [5, 5.41) is 19.1. The lowest BCUT2D eigenvalue weighted by atomic mass is 10.1. The second-order valence-electron chi connectivity index (χ2n) is 5.60. The van der Waals surface area contributed by atoms with Gasteiger partial charge in [0.05, 0.1) is 19.8 Å². The Kier molecular flexibility index (Phi) is 5.08. The molecule has 0 aliphatic carbocycles. The fraction of sp³-hybridized carbons (Fsp3) is 0.263. The van der Waals surface area contributed by atoms with Crippen LogP contribution in [0.4, 0.5) is 0 Å². The van der Waals surface area contributed by atoms with Gasteiger partial charge in [-0.25, -0.2) is 0 Å². The highest BCUT2D eigenvalue weighted by Crippen LogP contribution is 2.23. The van der Waals surface area contributed by atoms with Gasteiger partial charge in [-0.1, -0.05) is 42.5 Å². The van der Waals surface area contributed by atoms with Crippen LogP contribution in [0.25, 0.3) is 11.0 Å². The molecule has 1 heterocycles. The molecule has 2 N–H and O–H groups in total. The smallest absolute Gasteiger partial charge is 0.134 e. The summed E-state index contributed by atoms with van der Waals surface area (Å²) in [6.45, 7) is 0.202. The van der Waals surface area contributed by atoms with Crippen LogP contribution in [0.15, 0.2) is 59.0 Å². The van der Waals surface area contributed by atoms with Crippen molar-refractivity contribution in [3.05, 3.63) is 71.5 Å². The van der Waals surface area contributed by atoms with Gasteiger partial charge in [0.2, 0.25) is 0 Å². The van der Waals surface area contributed by atoms with E-state index in [1.54, 1.807) is 0 Å². The monoisotopic (exact) mass is 312 g/mol. The van der Waals surface area contributed by atoms with E-state index in [1.807, 2.05) is 36.4 Å². The predicted molar refractivity (Wildman–Crippen MR) is 88.2 cm³/mol. The fourth-order valence-electron chi connectivity index (χ4n) is 2.47. The molecular formula is C19H20O4. The van der Waals surface area contributed by atoms with Gasteiger partial charge in [-0.2, -0.15) is 0 Å². The van der Waals surface area contributed by atoms with Gasteiger partial charge in [0, 0.05) is 11.8 Å². The van der Waals surface area contributed by atoms with Crippen molar-refractivity contribution >= 4 is 11.0 Å². The highest BCUT2D eigenvalue weighted by molar-refractivity contribution is 5.78. The minimum atomic E-state index is -0.834. The minimum Gasteiger partial charge on any atom is -0.461 e. The maximum absolute atomic E-state index is 9.26. The fourth-order valence-corrected chi connectivity index (χ4v) is 2.47. The highest BCUT2D eigenvalue weighted by Gasteiger charge is 2.07. The second kappa shape index (κ2) is 7.42. The molecule has 0 saturated carbocycles. The van der Waals surface area contributed by atoms with E-state index in [0.29, 0.717) is 6.61 Å². The Morgan fingerprint density at radius 3 is 2.61 bits per heavy atom. The van der Waals surface area contributed by atoms with Crippen molar-refractivity contribution in [2.24, 2.45) is 0 Å². The Balaban J connectivity index is 1.68. The zero-order valence-electron chi connectivity index (χ0n) is 12.8. The van der Waals surface area contributed by atoms with Crippen LogP contribution in [-0.2, 0) is 17.8 Å². The van der Waals surface area contributed by atoms with Gasteiger partial charge in [0.1, 0.15) is 17.4 Å². The van der Waals surface area contributed by atoms with Gasteiger partial charge in [-0.15, -0.1) is 0 Å². The number of rotatable bonds is 7. The van der Waals surface area contributed by atoms with E-state index >= 15 is 0 Å². The first-order valence-electron chi connectivity index (χ1n) is 7.66. The first-order valence-corrected chi connectivity index (χ1v) is 7.66. The predicted octanol–water partition coefficient (Wildman–Crippen LogP) is 2.89. The van der Waals surface area contributed by atoms with Crippen LogP contribution in [0.2, 0.25) is 0 Å². The van der Waals surface area contributed by atoms with E-state index in [4.69, 9.17) is 14.3 Å². The Bertz CT molecular complexity index is 748. The molecule has 4 heteroatoms. The summed E-state index contributed by atoms with van der Waals surface area (Å²) in [6, 6.07) is 18.2. The number of fused-ring (bicyclic) bond motifs is 1. The summed E-state index contributed by atoms with van der Waals surface area (Å²) in [5.41, 5.74) is 3.02. The number of aliphatic hydroxyl groups excluding tert-OH is 2. The first-order chi connectivity index (χ1) is 11.2. The van der Waals surface area contributed by atoms with E-state index in [0.717, 1.165) is 28.7 Å². The summed E-state index contributed by atoms with van der Waals surface area (Å²) < 4.78 is 11.3. The number of benzene rings is 2. The molecule has 0 bridgehead atoms. The van der Waals surface area contributed by atoms with Gasteiger partial charge < -0.3 is 19.4 Å². The molecule has 2 aromatic carbocycles. The normalized spacial score (nSPS) is 12.6. The second-order valence-corrected chi connectivity index (χ2v) is 5.60. The van der Waals surface area contributed by atoms with Gasteiger partial charge in [0.25, 0.3) is 0 Å². The Morgan fingerprint density at radius 1 is 1.00 bits per heavy atom. The van der Waals surface area contributed by atoms with Gasteiger partial charge >= 0.3 is 0 Å². The number of hydrogen-bond donors (Lipinski definition) is 2. The van der Waals surface area contributed by atoms with Crippen molar-refractivity contribution in [1.82, 2.24) is 0 Å². The Labute approximate surface area is 134 Å². The molecule has 0 fully saturated rings. The molecule has 0 aliphatic rings. The van der Waals surface area contributed by atoms with Crippen molar-refractivity contribution in [2.45, 2.75) is 19.1 Å². The minimum absolute atomic E-state index is 0.117. The topological polar surface area (TPSA) is 62.8 Å². The maximum atomic E-state index is 9.26. The van der Waals surface area contributed by atoms with Gasteiger partial charge in [-0.3, -0.25) is 0 Å². The molecule has 0 spiro atoms. The van der Waals surface area contributed by atoms with E-state index in [2.05, 4.69) is 18.2 Å². The molecule has 1 atom stereocenters. The van der Waals surface area contributed by atoms with Gasteiger partial charge in [-0.05, 0) is 23.3 Å². The number of aliphatic hydroxyl groups is 2. The molecule has 1 unspecified atom stereocenters. The molecule has 4 nitrogen and oxygen atoms in total. The summed E-state index contributed by atoms with van der Waals surface area (Å²) in [4.78, 5) is 0. The van der Waals surface area contributed by atoms with E-state index in [9.17, 15) is 5.11 Å². The summed E-state index contributed by atoms with van der Waals surface area (Å²) in [7, 11) is 0. The standard InChI is InChI=1S/C19H20O4/c20-11-17(21)13-22-12-15-6-7-16-10-18(23-19(16)9-15)8-14-4-2-1-3-5-14/h1-7,9-10,17,20-21H,8,11-13H2. The van der Waals surface area contributed by atoms with Crippen LogP contribution in [-0.4, -0.2) is 29.5 Å². The first kappa shape index (κ1) is 15.7. The average molecular weight is 312 g/mol. The summed E-state index contributed by atoms with van der Waals surface area (Å²) in [6.07, 6.45) is -0.0656. The number of ether oxygens (including phenoxy) is 1. The molecule has 23 heavy (non-hydrogen) atoms. The molecule has 0 radical (unpaired) electrons. The number of hydrogen-bond acceptors (Lipinski definition) is 4. The molecular weight excluding hydrogens is 292 g/mol. The molecule has 120 valence electrons. The lowest BCUT2D eigenvalue weighted by molar-refractivity contribution is 0.0000380. The average Bonchev–Trinajstić information content (AvgIpc) is 2.97. The van der Waals surface area contributed by atoms with Crippen LogP contribution in [0.1, 0.15) is 16.9 Å². The van der Waals surface area contributed by atoms with Crippen LogP contribution < -0.4 is 0 Å². The van der Waals surface area contributed by atoms with Gasteiger partial charge in [0.15, 0.2) is 0 Å². The molecule has 0 saturated heterocycles. The van der Waals surface area contributed by atoms with E-state index < -0.39 is 6.10 Å². The van der Waals surface area contributed by atoms with Crippen molar-refractivity contribution in [2.75, 3.05) is 13.2 Å². The third-order valence-electron chi connectivity index (χ3n) is 3.65. The molecule has 3 rings (SSSR count). The van der Waals surface area contributed by atoms with Crippen molar-refractivity contribution in [3.8, 4) is 0 Å². The quantitative estimate of drug-likeness (QED) is 0.704. The number of furan rings is 1. The Hall–Kier alpha value is -2.14. The zero-order valence-corrected chi connectivity index (χ0v) is 12.8. The van der Waals surface area contributed by atoms with E-state index in [-0.39, 0.29) is 13.2 Å². The van der Waals surface area contributed by atoms with Crippen LogP contribution in [0.5, 0.6) is 0 Å². The Morgan fingerprint density at radius 2 is 1.83 bits per heavy atom. The largest absolute Gasteiger partial charge is 0.461 e. The lowest BCUT2D eigenvalue weighted by Gasteiger charge is -2.08.